The predicted molar refractivity (Wildman–Crippen MR) is 64.0 cm³/mol. The third-order valence-electron chi connectivity index (χ3n) is 3.85. The smallest absolute Gasteiger partial charge is 0.147 e. The number of nitrogens with zero attached hydrogens (tertiary/aromatic N) is 3. The van der Waals surface area contributed by atoms with Crippen LogP contribution in [0, 0.1) is 5.41 Å². The summed E-state index contributed by atoms with van der Waals surface area (Å²) in [5, 5.41) is 11.7. The van der Waals surface area contributed by atoms with Crippen molar-refractivity contribution in [2.75, 3.05) is 0 Å². The van der Waals surface area contributed by atoms with Crippen molar-refractivity contribution in [3.63, 3.8) is 0 Å². The normalized spacial score (nSPS) is 20.1. The average molecular weight is 222 g/mol. The zero-order chi connectivity index (χ0) is 11.8. The van der Waals surface area contributed by atoms with Gasteiger partial charge >= 0.3 is 0 Å². The molecule has 0 amide bonds. The van der Waals surface area contributed by atoms with Crippen molar-refractivity contribution >= 4 is 0 Å². The maximum absolute atomic E-state index is 4.16. The van der Waals surface area contributed by atoms with Crippen molar-refractivity contribution in [3.8, 4) is 0 Å². The predicted octanol–water partition coefficient (Wildman–Crippen LogP) is 2.14. The van der Waals surface area contributed by atoms with Gasteiger partial charge in [-0.05, 0) is 39.0 Å². The molecule has 0 aliphatic heterocycles. The Hall–Kier alpha value is -0.900. The molecule has 1 aliphatic rings. The first-order valence-corrected chi connectivity index (χ1v) is 6.15. The standard InChI is InChI=1S/C12H22N4/c1-9(2)16-8-14-15-11(16)7-13-10(3)12(4)5-6-12/h8-10,13H,5-7H2,1-4H3. The van der Waals surface area contributed by atoms with Crippen LogP contribution in [0.5, 0.6) is 0 Å². The molecule has 1 atom stereocenters. The summed E-state index contributed by atoms with van der Waals surface area (Å²) in [7, 11) is 0. The lowest BCUT2D eigenvalue weighted by Gasteiger charge is -2.20. The van der Waals surface area contributed by atoms with Crippen LogP contribution in [0.3, 0.4) is 0 Å². The Balaban J connectivity index is 1.91. The van der Waals surface area contributed by atoms with E-state index in [1.165, 1.54) is 12.8 Å². The first-order valence-electron chi connectivity index (χ1n) is 6.15. The Bertz CT molecular complexity index is 352. The molecular weight excluding hydrogens is 200 g/mol. The molecule has 4 nitrogen and oxygen atoms in total. The molecule has 0 aromatic carbocycles. The summed E-state index contributed by atoms with van der Waals surface area (Å²) in [6, 6.07) is 0.989. The van der Waals surface area contributed by atoms with Gasteiger partial charge in [0, 0.05) is 12.1 Å². The molecular formula is C12H22N4. The highest BCUT2D eigenvalue weighted by Gasteiger charge is 2.42. The van der Waals surface area contributed by atoms with E-state index in [-0.39, 0.29) is 0 Å². The van der Waals surface area contributed by atoms with Gasteiger partial charge in [0.25, 0.3) is 0 Å². The molecule has 4 heteroatoms. The fourth-order valence-corrected chi connectivity index (χ4v) is 1.95. The highest BCUT2D eigenvalue weighted by atomic mass is 15.3. The van der Waals surface area contributed by atoms with Gasteiger partial charge in [-0.2, -0.15) is 0 Å². The molecule has 1 N–H and O–H groups in total. The summed E-state index contributed by atoms with van der Waals surface area (Å²) in [4.78, 5) is 0. The van der Waals surface area contributed by atoms with Gasteiger partial charge in [-0.15, -0.1) is 10.2 Å². The van der Waals surface area contributed by atoms with Crippen LogP contribution in [0.1, 0.15) is 52.4 Å². The molecule has 1 aromatic heterocycles. The fraction of sp³-hybridized carbons (Fsp3) is 0.833. The molecule has 1 aliphatic carbocycles. The van der Waals surface area contributed by atoms with Crippen molar-refractivity contribution in [1.82, 2.24) is 20.1 Å². The molecule has 90 valence electrons. The molecule has 0 bridgehead atoms. The Morgan fingerprint density at radius 2 is 2.12 bits per heavy atom. The van der Waals surface area contributed by atoms with Gasteiger partial charge in [-0.3, -0.25) is 0 Å². The summed E-state index contributed by atoms with van der Waals surface area (Å²) in [6.45, 7) is 9.73. The lowest BCUT2D eigenvalue weighted by atomic mass is 10.0. The number of rotatable bonds is 5. The highest BCUT2D eigenvalue weighted by molar-refractivity contribution is 4.98. The molecule has 1 fully saturated rings. The summed E-state index contributed by atoms with van der Waals surface area (Å²) >= 11 is 0. The summed E-state index contributed by atoms with van der Waals surface area (Å²) < 4.78 is 2.12. The Morgan fingerprint density at radius 3 is 2.69 bits per heavy atom. The molecule has 0 saturated heterocycles. The first-order chi connectivity index (χ1) is 7.53. The van der Waals surface area contributed by atoms with E-state index in [0.717, 1.165) is 12.4 Å². The Labute approximate surface area is 97.5 Å². The van der Waals surface area contributed by atoms with E-state index in [4.69, 9.17) is 0 Å². The molecule has 2 rings (SSSR count). The van der Waals surface area contributed by atoms with Crippen LogP contribution in [0.15, 0.2) is 6.33 Å². The average Bonchev–Trinajstić information content (AvgIpc) is 2.82. The van der Waals surface area contributed by atoms with Crippen molar-refractivity contribution in [1.29, 1.82) is 0 Å². The summed E-state index contributed by atoms with van der Waals surface area (Å²) in [6.07, 6.45) is 4.50. The molecule has 16 heavy (non-hydrogen) atoms. The van der Waals surface area contributed by atoms with E-state index in [9.17, 15) is 0 Å². The molecule has 1 saturated carbocycles. The quantitative estimate of drug-likeness (QED) is 0.830. The van der Waals surface area contributed by atoms with Gasteiger partial charge in [-0.25, -0.2) is 0 Å². The van der Waals surface area contributed by atoms with Crippen LogP contribution < -0.4 is 5.32 Å². The lowest BCUT2D eigenvalue weighted by Crippen LogP contribution is -2.33. The first kappa shape index (κ1) is 11.6. The van der Waals surface area contributed by atoms with Gasteiger partial charge < -0.3 is 9.88 Å². The molecule has 1 aromatic rings. The van der Waals surface area contributed by atoms with E-state index in [0.29, 0.717) is 17.5 Å². The third-order valence-corrected chi connectivity index (χ3v) is 3.85. The van der Waals surface area contributed by atoms with Gasteiger partial charge in [0.15, 0.2) is 0 Å². The number of aromatic nitrogens is 3. The largest absolute Gasteiger partial charge is 0.314 e. The van der Waals surface area contributed by atoms with Crippen molar-refractivity contribution in [2.45, 2.75) is 59.2 Å². The van der Waals surface area contributed by atoms with Crippen molar-refractivity contribution in [3.05, 3.63) is 12.2 Å². The van der Waals surface area contributed by atoms with Gasteiger partial charge in [0.2, 0.25) is 0 Å². The van der Waals surface area contributed by atoms with E-state index in [2.05, 4.69) is 47.8 Å². The minimum Gasteiger partial charge on any atom is -0.314 e. The topological polar surface area (TPSA) is 42.7 Å². The second-order valence-corrected chi connectivity index (χ2v) is 5.50. The second-order valence-electron chi connectivity index (χ2n) is 5.50. The zero-order valence-electron chi connectivity index (χ0n) is 10.7. The van der Waals surface area contributed by atoms with E-state index < -0.39 is 0 Å². The number of hydrogen-bond acceptors (Lipinski definition) is 3. The van der Waals surface area contributed by atoms with Crippen molar-refractivity contribution < 1.29 is 0 Å². The van der Waals surface area contributed by atoms with Crippen LogP contribution in [-0.2, 0) is 6.54 Å². The van der Waals surface area contributed by atoms with Crippen LogP contribution in [0.4, 0.5) is 0 Å². The molecule has 0 radical (unpaired) electrons. The molecule has 1 unspecified atom stereocenters. The van der Waals surface area contributed by atoms with E-state index in [1.807, 2.05) is 6.33 Å². The van der Waals surface area contributed by atoms with Crippen molar-refractivity contribution in [2.24, 2.45) is 5.41 Å². The van der Waals surface area contributed by atoms with Crippen LogP contribution >= 0.6 is 0 Å². The van der Waals surface area contributed by atoms with E-state index in [1.54, 1.807) is 0 Å². The van der Waals surface area contributed by atoms with Gasteiger partial charge in [0.1, 0.15) is 12.2 Å². The lowest BCUT2D eigenvalue weighted by molar-refractivity contribution is 0.371. The van der Waals surface area contributed by atoms with E-state index >= 15 is 0 Å². The van der Waals surface area contributed by atoms with Crippen LogP contribution in [-0.4, -0.2) is 20.8 Å². The molecule has 1 heterocycles. The maximum atomic E-state index is 4.16. The summed E-state index contributed by atoms with van der Waals surface area (Å²) in [5.74, 6) is 1.03. The van der Waals surface area contributed by atoms with Crippen LogP contribution in [0.2, 0.25) is 0 Å². The highest BCUT2D eigenvalue weighted by Crippen LogP contribution is 2.47. The van der Waals surface area contributed by atoms with Crippen LogP contribution in [0.25, 0.3) is 0 Å². The fourth-order valence-electron chi connectivity index (χ4n) is 1.95. The minimum absolute atomic E-state index is 0.429. The molecule has 0 spiro atoms. The SMILES string of the molecule is CC(C)n1cnnc1CNC(C)C1(C)CC1. The minimum atomic E-state index is 0.429. The second kappa shape index (κ2) is 4.17. The Kier molecular flexibility index (Phi) is 3.02. The van der Waals surface area contributed by atoms with Gasteiger partial charge in [-0.1, -0.05) is 6.92 Å². The van der Waals surface area contributed by atoms with Gasteiger partial charge in [0.05, 0.1) is 6.54 Å². The monoisotopic (exact) mass is 222 g/mol. The Morgan fingerprint density at radius 1 is 1.44 bits per heavy atom. The zero-order valence-corrected chi connectivity index (χ0v) is 10.7. The summed E-state index contributed by atoms with van der Waals surface area (Å²) in [5.41, 5.74) is 0.517. The number of nitrogens with one attached hydrogen (secondary N) is 1. The maximum Gasteiger partial charge on any atom is 0.147 e. The third kappa shape index (κ3) is 2.26. The number of hydrogen-bond donors (Lipinski definition) is 1.